The number of benzene rings is 1. The van der Waals surface area contributed by atoms with Crippen LogP contribution in [-0.2, 0) is 9.59 Å². The molecule has 5 nitrogen and oxygen atoms in total. The van der Waals surface area contributed by atoms with E-state index in [0.717, 1.165) is 10.8 Å². The molecular weight excluding hydrogens is 268 g/mol. The second kappa shape index (κ2) is 5.91. The molecule has 0 aliphatic rings. The smallest absolute Gasteiger partial charge is 0.303 e. The summed E-state index contributed by atoms with van der Waals surface area (Å²) < 4.78 is 0. The van der Waals surface area contributed by atoms with E-state index in [1.54, 1.807) is 26.2 Å². The van der Waals surface area contributed by atoms with Gasteiger partial charge in [-0.05, 0) is 22.9 Å². The largest absolute Gasteiger partial charge is 0.481 e. The standard InChI is InChI=1S/C16H18N2O3/c1-16(2,9-15(20)21)8-14(19)18-13-5-3-4-11-6-7-17-10-12(11)13/h3-7,10H,8-9H2,1-2H3,(H,18,19)(H,20,21). The molecule has 0 aliphatic heterocycles. The summed E-state index contributed by atoms with van der Waals surface area (Å²) in [6, 6.07) is 7.49. The van der Waals surface area contributed by atoms with Crippen molar-refractivity contribution in [2.45, 2.75) is 26.7 Å². The summed E-state index contributed by atoms with van der Waals surface area (Å²) in [5.41, 5.74) is 0.107. The zero-order chi connectivity index (χ0) is 15.5. The van der Waals surface area contributed by atoms with Crippen molar-refractivity contribution in [2.75, 3.05) is 5.32 Å². The average Bonchev–Trinajstić information content (AvgIpc) is 2.36. The number of carboxylic acids is 1. The molecule has 0 aliphatic carbocycles. The zero-order valence-corrected chi connectivity index (χ0v) is 12.1. The number of aliphatic carboxylic acids is 1. The summed E-state index contributed by atoms with van der Waals surface area (Å²) in [6.07, 6.45) is 3.50. The minimum absolute atomic E-state index is 0.0441. The van der Waals surface area contributed by atoms with Gasteiger partial charge in [0.25, 0.3) is 0 Å². The second-order valence-electron chi connectivity index (χ2n) is 5.86. The van der Waals surface area contributed by atoms with E-state index >= 15 is 0 Å². The molecule has 1 amide bonds. The van der Waals surface area contributed by atoms with Crippen molar-refractivity contribution in [3.05, 3.63) is 36.7 Å². The summed E-state index contributed by atoms with van der Waals surface area (Å²) in [5.74, 6) is -1.10. The molecule has 0 spiro atoms. The van der Waals surface area contributed by atoms with Crippen molar-refractivity contribution in [1.82, 2.24) is 4.98 Å². The van der Waals surface area contributed by atoms with E-state index in [0.29, 0.717) is 5.69 Å². The van der Waals surface area contributed by atoms with Crippen LogP contribution in [0.5, 0.6) is 0 Å². The number of fused-ring (bicyclic) bond motifs is 1. The molecule has 21 heavy (non-hydrogen) atoms. The topological polar surface area (TPSA) is 79.3 Å². The molecule has 0 fully saturated rings. The van der Waals surface area contributed by atoms with Gasteiger partial charge in [0, 0.05) is 24.2 Å². The van der Waals surface area contributed by atoms with Gasteiger partial charge in [-0.2, -0.15) is 0 Å². The van der Waals surface area contributed by atoms with Crippen LogP contribution >= 0.6 is 0 Å². The molecule has 1 aromatic carbocycles. The maximum Gasteiger partial charge on any atom is 0.303 e. The molecule has 0 radical (unpaired) electrons. The van der Waals surface area contributed by atoms with Crippen LogP contribution in [0.1, 0.15) is 26.7 Å². The number of hydrogen-bond acceptors (Lipinski definition) is 3. The lowest BCUT2D eigenvalue weighted by Gasteiger charge is -2.21. The maximum atomic E-state index is 12.1. The Kier molecular flexibility index (Phi) is 4.21. The fourth-order valence-electron chi connectivity index (χ4n) is 2.32. The number of rotatable bonds is 5. The summed E-state index contributed by atoms with van der Waals surface area (Å²) in [7, 11) is 0. The molecule has 0 saturated carbocycles. The van der Waals surface area contributed by atoms with Crippen molar-refractivity contribution >= 4 is 28.3 Å². The van der Waals surface area contributed by atoms with E-state index < -0.39 is 11.4 Å². The summed E-state index contributed by atoms with van der Waals surface area (Å²) >= 11 is 0. The van der Waals surface area contributed by atoms with E-state index in [-0.39, 0.29) is 18.7 Å². The van der Waals surface area contributed by atoms with E-state index in [9.17, 15) is 9.59 Å². The molecule has 1 heterocycles. The lowest BCUT2D eigenvalue weighted by Crippen LogP contribution is -2.24. The number of nitrogens with one attached hydrogen (secondary N) is 1. The second-order valence-corrected chi connectivity index (χ2v) is 5.86. The van der Waals surface area contributed by atoms with Crippen LogP contribution in [0.3, 0.4) is 0 Å². The van der Waals surface area contributed by atoms with Gasteiger partial charge in [-0.3, -0.25) is 14.6 Å². The van der Waals surface area contributed by atoms with Crippen LogP contribution in [0.25, 0.3) is 10.8 Å². The fourth-order valence-corrected chi connectivity index (χ4v) is 2.32. The number of carboxylic acid groups (broad SMARTS) is 1. The lowest BCUT2D eigenvalue weighted by molar-refractivity contribution is -0.139. The van der Waals surface area contributed by atoms with Crippen molar-refractivity contribution < 1.29 is 14.7 Å². The van der Waals surface area contributed by atoms with Crippen LogP contribution in [0.15, 0.2) is 36.7 Å². The van der Waals surface area contributed by atoms with Gasteiger partial charge in [0.05, 0.1) is 12.1 Å². The third-order valence-corrected chi connectivity index (χ3v) is 3.23. The molecule has 0 saturated heterocycles. The third-order valence-electron chi connectivity index (χ3n) is 3.23. The molecule has 0 unspecified atom stereocenters. The fraction of sp³-hybridized carbons (Fsp3) is 0.312. The van der Waals surface area contributed by atoms with E-state index in [2.05, 4.69) is 10.3 Å². The molecular formula is C16H18N2O3. The molecule has 2 rings (SSSR count). The quantitative estimate of drug-likeness (QED) is 0.885. The van der Waals surface area contributed by atoms with Gasteiger partial charge in [0.15, 0.2) is 0 Å². The predicted octanol–water partition coefficient (Wildman–Crippen LogP) is 3.06. The minimum Gasteiger partial charge on any atom is -0.481 e. The van der Waals surface area contributed by atoms with Gasteiger partial charge in [-0.1, -0.05) is 26.0 Å². The number of hydrogen-bond donors (Lipinski definition) is 2. The van der Waals surface area contributed by atoms with Gasteiger partial charge in [-0.15, -0.1) is 0 Å². The first-order chi connectivity index (χ1) is 9.87. The molecule has 2 aromatic rings. The van der Waals surface area contributed by atoms with Gasteiger partial charge in [0.2, 0.25) is 5.91 Å². The summed E-state index contributed by atoms with van der Waals surface area (Å²) in [6.45, 7) is 3.54. The molecule has 1 aromatic heterocycles. The molecule has 5 heteroatoms. The summed E-state index contributed by atoms with van der Waals surface area (Å²) in [5, 5.41) is 13.6. The molecule has 2 N–H and O–H groups in total. The zero-order valence-electron chi connectivity index (χ0n) is 12.1. The first kappa shape index (κ1) is 15.0. The van der Waals surface area contributed by atoms with Gasteiger partial charge in [0.1, 0.15) is 0 Å². The molecule has 0 bridgehead atoms. The third kappa shape index (κ3) is 4.02. The highest BCUT2D eigenvalue weighted by molar-refractivity contribution is 6.01. The van der Waals surface area contributed by atoms with Crippen LogP contribution in [0.2, 0.25) is 0 Å². The Morgan fingerprint density at radius 1 is 1.24 bits per heavy atom. The average molecular weight is 286 g/mol. The number of carbonyl (C=O) groups is 2. The Hall–Kier alpha value is -2.43. The highest BCUT2D eigenvalue weighted by Gasteiger charge is 2.25. The normalized spacial score (nSPS) is 11.3. The monoisotopic (exact) mass is 286 g/mol. The van der Waals surface area contributed by atoms with Crippen LogP contribution in [0, 0.1) is 5.41 Å². The first-order valence-corrected chi connectivity index (χ1v) is 6.72. The van der Waals surface area contributed by atoms with Crippen LogP contribution in [-0.4, -0.2) is 22.0 Å². The number of nitrogens with zero attached hydrogens (tertiary/aromatic N) is 1. The Labute approximate surface area is 123 Å². The Morgan fingerprint density at radius 3 is 2.71 bits per heavy atom. The Balaban J connectivity index is 2.13. The van der Waals surface area contributed by atoms with Crippen molar-refractivity contribution in [1.29, 1.82) is 0 Å². The number of anilines is 1. The SMILES string of the molecule is CC(C)(CC(=O)O)CC(=O)Nc1cccc2ccncc12. The lowest BCUT2D eigenvalue weighted by atomic mass is 9.85. The minimum atomic E-state index is -0.901. The number of pyridine rings is 1. The molecule has 0 atom stereocenters. The van der Waals surface area contributed by atoms with Gasteiger partial charge >= 0.3 is 5.97 Å². The van der Waals surface area contributed by atoms with E-state index in [4.69, 9.17) is 5.11 Å². The highest BCUT2D eigenvalue weighted by atomic mass is 16.4. The Bertz CT molecular complexity index is 675. The van der Waals surface area contributed by atoms with E-state index in [1.165, 1.54) is 0 Å². The van der Waals surface area contributed by atoms with Gasteiger partial charge < -0.3 is 10.4 Å². The van der Waals surface area contributed by atoms with Crippen LogP contribution < -0.4 is 5.32 Å². The van der Waals surface area contributed by atoms with Crippen molar-refractivity contribution in [3.63, 3.8) is 0 Å². The van der Waals surface area contributed by atoms with Gasteiger partial charge in [-0.25, -0.2) is 0 Å². The number of carbonyl (C=O) groups excluding carboxylic acids is 1. The number of amides is 1. The van der Waals surface area contributed by atoms with E-state index in [1.807, 2.05) is 24.3 Å². The Morgan fingerprint density at radius 2 is 2.00 bits per heavy atom. The van der Waals surface area contributed by atoms with Crippen molar-refractivity contribution in [2.24, 2.45) is 5.41 Å². The molecule has 110 valence electrons. The summed E-state index contributed by atoms with van der Waals surface area (Å²) in [4.78, 5) is 27.0. The highest BCUT2D eigenvalue weighted by Crippen LogP contribution is 2.27. The van der Waals surface area contributed by atoms with Crippen LogP contribution in [0.4, 0.5) is 5.69 Å². The van der Waals surface area contributed by atoms with Crippen molar-refractivity contribution in [3.8, 4) is 0 Å². The first-order valence-electron chi connectivity index (χ1n) is 6.72. The number of aromatic nitrogens is 1. The maximum absolute atomic E-state index is 12.1. The predicted molar refractivity (Wildman–Crippen MR) is 81.0 cm³/mol.